The van der Waals surface area contributed by atoms with Gasteiger partial charge >= 0.3 is 0 Å². The molecule has 66 heavy (non-hydrogen) atoms. The van der Waals surface area contributed by atoms with Crippen LogP contribution < -0.4 is 45.9 Å². The van der Waals surface area contributed by atoms with Gasteiger partial charge < -0.3 is 45.9 Å². The van der Waals surface area contributed by atoms with Gasteiger partial charge in [0, 0.05) is 0 Å². The fourth-order valence-corrected chi connectivity index (χ4v) is 11.6. The van der Waals surface area contributed by atoms with Crippen LogP contribution in [0.2, 0.25) is 0 Å². The largest absolute Gasteiger partial charge is 0.330 e. The van der Waals surface area contributed by atoms with E-state index in [9.17, 15) is 0 Å². The van der Waals surface area contributed by atoms with E-state index in [1.165, 1.54) is 244 Å². The Morgan fingerprint density at radius 3 is 0.409 bits per heavy atom. The lowest BCUT2D eigenvalue weighted by atomic mass is 9.79. The zero-order chi connectivity index (χ0) is 48.6. The molecular weight excluding hydrogens is 809 g/mol. The van der Waals surface area contributed by atoms with Crippen LogP contribution in [0.4, 0.5) is 0 Å². The van der Waals surface area contributed by atoms with Crippen LogP contribution in [0.1, 0.15) is 271 Å². The average Bonchev–Trinajstić information content (AvgIpc) is 3.33. The highest BCUT2D eigenvalue weighted by Crippen LogP contribution is 2.36. The topological polar surface area (TPSA) is 208 Å². The van der Waals surface area contributed by atoms with E-state index in [-0.39, 0.29) is 0 Å². The van der Waals surface area contributed by atoms with E-state index >= 15 is 0 Å². The highest BCUT2D eigenvalue weighted by Gasteiger charge is 2.22. The molecule has 8 unspecified atom stereocenters. The van der Waals surface area contributed by atoms with Gasteiger partial charge in [0.25, 0.3) is 0 Å². The van der Waals surface area contributed by atoms with E-state index < -0.39 is 0 Å². The molecule has 0 bridgehead atoms. The molecule has 0 amide bonds. The molecule has 8 heteroatoms. The summed E-state index contributed by atoms with van der Waals surface area (Å²) in [4.78, 5) is 0. The van der Waals surface area contributed by atoms with Crippen molar-refractivity contribution in [3.63, 3.8) is 0 Å². The molecule has 0 fully saturated rings. The number of hydrogen-bond acceptors (Lipinski definition) is 8. The van der Waals surface area contributed by atoms with Crippen LogP contribution in [-0.4, -0.2) is 52.4 Å². The zero-order valence-corrected chi connectivity index (χ0v) is 45.2. The minimum Gasteiger partial charge on any atom is -0.330 e. The smallest absolute Gasteiger partial charge is 0.00773 e. The summed E-state index contributed by atoms with van der Waals surface area (Å²) in [7, 11) is 0. The lowest BCUT2D eigenvalue weighted by molar-refractivity contribution is 0.256. The summed E-state index contributed by atoms with van der Waals surface area (Å²) in [5, 5.41) is 0. The number of nitrogens with two attached hydrogens (primary N) is 8. The van der Waals surface area contributed by atoms with Crippen LogP contribution in [0.3, 0.4) is 0 Å². The van der Waals surface area contributed by atoms with E-state index in [1.54, 1.807) is 0 Å². The first-order valence-corrected chi connectivity index (χ1v) is 30.0. The normalized spacial score (nSPS) is 15.7. The van der Waals surface area contributed by atoms with Crippen molar-refractivity contribution >= 4 is 0 Å². The standard InChI is InChI=1S/C58H126N8/c1-3-51(21-5-13-43-59)29-31-53(23-7-15-45-61)33-35-55(25-9-17-47-63)37-39-57(27-11-19-49-65)41-42-58(28-12-20-50-66)40-38-56(26-10-18-48-64)36-34-54(24-8-16-46-62)32-30-52(4-2)22-6-14-44-60/h51-58H,3-50,59-66H2,1-2H3. The maximum absolute atomic E-state index is 6.08. The third-order valence-electron chi connectivity index (χ3n) is 16.6. The summed E-state index contributed by atoms with van der Waals surface area (Å²) in [5.74, 6) is 6.71. The van der Waals surface area contributed by atoms with Crippen LogP contribution >= 0.6 is 0 Å². The Morgan fingerprint density at radius 1 is 0.167 bits per heavy atom. The molecule has 0 saturated carbocycles. The first-order chi connectivity index (χ1) is 32.4. The molecular formula is C58H126N8. The Bertz CT molecular complexity index is 852. The molecule has 0 rings (SSSR count). The van der Waals surface area contributed by atoms with Crippen molar-refractivity contribution in [2.24, 2.45) is 93.2 Å². The average molecular weight is 936 g/mol. The quantitative estimate of drug-likeness (QED) is 0.0275. The first kappa shape index (κ1) is 65.7. The molecule has 398 valence electrons. The third kappa shape index (κ3) is 40.4. The summed E-state index contributed by atoms with van der Waals surface area (Å²) in [5.41, 5.74) is 47.9. The fourth-order valence-electron chi connectivity index (χ4n) is 11.6. The summed E-state index contributed by atoms with van der Waals surface area (Å²) in [6, 6.07) is 0. The van der Waals surface area contributed by atoms with Gasteiger partial charge in [0.2, 0.25) is 0 Å². The molecule has 0 aromatic heterocycles. The fraction of sp³-hybridized carbons (Fsp3) is 1.00. The predicted octanol–water partition coefficient (Wildman–Crippen LogP) is 13.2. The van der Waals surface area contributed by atoms with E-state index in [4.69, 9.17) is 45.9 Å². The molecule has 0 heterocycles. The van der Waals surface area contributed by atoms with Gasteiger partial charge in [0.15, 0.2) is 0 Å². The van der Waals surface area contributed by atoms with E-state index in [0.717, 1.165) is 113 Å². The maximum atomic E-state index is 6.08. The van der Waals surface area contributed by atoms with Crippen molar-refractivity contribution in [3.05, 3.63) is 0 Å². The van der Waals surface area contributed by atoms with Crippen molar-refractivity contribution in [2.75, 3.05) is 52.4 Å². The van der Waals surface area contributed by atoms with Crippen molar-refractivity contribution < 1.29 is 0 Å². The van der Waals surface area contributed by atoms with Gasteiger partial charge in [0.1, 0.15) is 0 Å². The van der Waals surface area contributed by atoms with Gasteiger partial charge in [-0.25, -0.2) is 0 Å². The summed E-state index contributed by atoms with van der Waals surface area (Å²) >= 11 is 0. The van der Waals surface area contributed by atoms with Gasteiger partial charge in [-0.2, -0.15) is 0 Å². The van der Waals surface area contributed by atoms with Crippen molar-refractivity contribution in [3.8, 4) is 0 Å². The molecule has 0 saturated heterocycles. The molecule has 0 aliphatic rings. The molecule has 0 aromatic carbocycles. The third-order valence-corrected chi connectivity index (χ3v) is 16.6. The summed E-state index contributed by atoms with van der Waals surface area (Å²) in [6.07, 6.45) is 52.6. The molecule has 8 atom stereocenters. The summed E-state index contributed by atoms with van der Waals surface area (Å²) < 4.78 is 0. The van der Waals surface area contributed by atoms with E-state index in [1.807, 2.05) is 0 Å². The zero-order valence-electron chi connectivity index (χ0n) is 45.2. The van der Waals surface area contributed by atoms with Crippen molar-refractivity contribution in [1.29, 1.82) is 0 Å². The molecule has 0 aliphatic heterocycles. The Balaban J connectivity index is 5.88. The second kappa shape index (κ2) is 51.0. The van der Waals surface area contributed by atoms with Crippen molar-refractivity contribution in [2.45, 2.75) is 271 Å². The molecule has 0 aromatic rings. The first-order valence-electron chi connectivity index (χ1n) is 30.0. The van der Waals surface area contributed by atoms with Gasteiger partial charge in [-0.05, 0) is 151 Å². The molecule has 0 aliphatic carbocycles. The molecule has 0 radical (unpaired) electrons. The monoisotopic (exact) mass is 935 g/mol. The van der Waals surface area contributed by atoms with Crippen LogP contribution in [-0.2, 0) is 0 Å². The summed E-state index contributed by atoms with van der Waals surface area (Å²) in [6.45, 7) is 11.4. The lowest BCUT2D eigenvalue weighted by Gasteiger charge is -2.27. The maximum Gasteiger partial charge on any atom is -0.00773 e. The van der Waals surface area contributed by atoms with Crippen LogP contribution in [0.25, 0.3) is 0 Å². The van der Waals surface area contributed by atoms with E-state index in [2.05, 4.69) is 13.8 Å². The Morgan fingerprint density at radius 2 is 0.288 bits per heavy atom. The molecule has 0 spiro atoms. The predicted molar refractivity (Wildman–Crippen MR) is 296 cm³/mol. The van der Waals surface area contributed by atoms with E-state index in [0.29, 0.717) is 0 Å². The van der Waals surface area contributed by atoms with Crippen molar-refractivity contribution in [1.82, 2.24) is 0 Å². The van der Waals surface area contributed by atoms with Crippen LogP contribution in [0, 0.1) is 47.3 Å². The molecule has 16 N–H and O–H groups in total. The Kier molecular flexibility index (Phi) is 50.8. The lowest BCUT2D eigenvalue weighted by Crippen LogP contribution is -2.14. The number of unbranched alkanes of at least 4 members (excludes halogenated alkanes) is 8. The van der Waals surface area contributed by atoms with Gasteiger partial charge in [-0.3, -0.25) is 0 Å². The molecule has 8 nitrogen and oxygen atoms in total. The van der Waals surface area contributed by atoms with Gasteiger partial charge in [-0.15, -0.1) is 0 Å². The minimum atomic E-state index is 0.820. The number of hydrogen-bond donors (Lipinski definition) is 8. The van der Waals surface area contributed by atoms with Crippen LogP contribution in [0.15, 0.2) is 0 Å². The van der Waals surface area contributed by atoms with Gasteiger partial charge in [-0.1, -0.05) is 219 Å². The Labute approximate surface area is 414 Å². The second-order valence-corrected chi connectivity index (χ2v) is 22.1. The highest BCUT2D eigenvalue weighted by molar-refractivity contribution is 4.75. The SMILES string of the molecule is CCC(CCCCN)CCC(CCCCN)CCC(CCCCN)CCC(CCCCN)CCC(CCCCN)CCC(CCCCN)CCC(CCCCN)CCC(CC)CCCCN. The Hall–Kier alpha value is -0.320. The minimum absolute atomic E-state index is 0.820. The second-order valence-electron chi connectivity index (χ2n) is 22.1. The highest BCUT2D eigenvalue weighted by atomic mass is 14.5. The van der Waals surface area contributed by atoms with Gasteiger partial charge in [0.05, 0.1) is 0 Å². The van der Waals surface area contributed by atoms with Crippen LogP contribution in [0.5, 0.6) is 0 Å². The number of rotatable bonds is 55.